The van der Waals surface area contributed by atoms with Crippen LogP contribution >= 0.6 is 15.9 Å². The van der Waals surface area contributed by atoms with Gasteiger partial charge in [0.15, 0.2) is 0 Å². The van der Waals surface area contributed by atoms with E-state index in [1.165, 1.54) is 12.1 Å². The Morgan fingerprint density at radius 1 is 1.18 bits per heavy atom. The van der Waals surface area contributed by atoms with Crippen molar-refractivity contribution >= 4 is 21.6 Å². The molecule has 0 unspecified atom stereocenters. The van der Waals surface area contributed by atoms with Crippen LogP contribution < -0.4 is 5.32 Å². The lowest BCUT2D eigenvalue weighted by molar-refractivity contribution is -0.138. The number of hydrogen-bond acceptors (Lipinski definition) is 1. The van der Waals surface area contributed by atoms with Gasteiger partial charge in [0.05, 0.1) is 5.56 Å². The van der Waals surface area contributed by atoms with E-state index in [0.717, 1.165) is 25.7 Å². The Kier molecular flexibility index (Phi) is 3.66. The molecule has 0 saturated heterocycles. The Bertz CT molecular complexity index is 397. The summed E-state index contributed by atoms with van der Waals surface area (Å²) >= 11 is 2.93. The zero-order valence-electron chi connectivity index (χ0n) is 9.15. The third-order valence-corrected chi connectivity index (χ3v) is 3.69. The maximum Gasteiger partial charge on any atom is 0.417 e. The fourth-order valence-electron chi connectivity index (χ4n) is 2.14. The van der Waals surface area contributed by atoms with Gasteiger partial charge >= 0.3 is 6.18 Å². The summed E-state index contributed by atoms with van der Waals surface area (Å²) in [7, 11) is 0. The van der Waals surface area contributed by atoms with Gasteiger partial charge in [0.1, 0.15) is 0 Å². The Labute approximate surface area is 107 Å². The maximum atomic E-state index is 12.7. The van der Waals surface area contributed by atoms with Crippen molar-refractivity contribution in [3.05, 3.63) is 28.2 Å². The molecule has 0 radical (unpaired) electrons. The standard InChI is InChI=1S/C12H13BrF3N/c13-11-6-5-9(7-10(11)12(14,15)16)17-8-3-1-2-4-8/h5-8,17H,1-4H2. The van der Waals surface area contributed by atoms with Crippen LogP contribution in [0.15, 0.2) is 22.7 Å². The van der Waals surface area contributed by atoms with Crippen LogP contribution in [0.2, 0.25) is 0 Å². The van der Waals surface area contributed by atoms with Gasteiger partial charge in [-0.3, -0.25) is 0 Å². The molecule has 1 N–H and O–H groups in total. The van der Waals surface area contributed by atoms with E-state index >= 15 is 0 Å². The molecular formula is C12H13BrF3N. The minimum atomic E-state index is -4.31. The second-order valence-corrected chi connectivity index (χ2v) is 5.17. The summed E-state index contributed by atoms with van der Waals surface area (Å²) < 4.78 is 38.1. The van der Waals surface area contributed by atoms with Crippen molar-refractivity contribution < 1.29 is 13.2 Å². The second-order valence-electron chi connectivity index (χ2n) is 4.32. The van der Waals surface area contributed by atoms with Gasteiger partial charge in [0.25, 0.3) is 0 Å². The van der Waals surface area contributed by atoms with Gasteiger partial charge in [-0.05, 0) is 31.0 Å². The van der Waals surface area contributed by atoms with Crippen LogP contribution in [0.25, 0.3) is 0 Å². The molecule has 0 heterocycles. The second kappa shape index (κ2) is 4.88. The predicted octanol–water partition coefficient (Wildman–Crippen LogP) is 4.82. The van der Waals surface area contributed by atoms with Gasteiger partial charge in [-0.2, -0.15) is 13.2 Å². The quantitative estimate of drug-likeness (QED) is 0.826. The highest BCUT2D eigenvalue weighted by Gasteiger charge is 2.33. The molecule has 1 aromatic carbocycles. The number of hydrogen-bond donors (Lipinski definition) is 1. The third-order valence-electron chi connectivity index (χ3n) is 3.00. The van der Waals surface area contributed by atoms with Crippen LogP contribution in [0.5, 0.6) is 0 Å². The summed E-state index contributed by atoms with van der Waals surface area (Å²) in [4.78, 5) is 0. The first kappa shape index (κ1) is 12.7. The molecule has 0 amide bonds. The molecule has 1 aromatic rings. The number of anilines is 1. The summed E-state index contributed by atoms with van der Waals surface area (Å²) in [5, 5.41) is 3.16. The van der Waals surface area contributed by atoms with Crippen molar-refractivity contribution in [3.63, 3.8) is 0 Å². The van der Waals surface area contributed by atoms with Gasteiger partial charge in [-0.15, -0.1) is 0 Å². The topological polar surface area (TPSA) is 12.0 Å². The van der Waals surface area contributed by atoms with Gasteiger partial charge in [-0.25, -0.2) is 0 Å². The first-order chi connectivity index (χ1) is 7.97. The summed E-state index contributed by atoms with van der Waals surface area (Å²) in [6, 6.07) is 4.61. The molecule has 1 aliphatic carbocycles. The Hall–Kier alpha value is -0.710. The lowest BCUT2D eigenvalue weighted by Crippen LogP contribution is -2.15. The minimum absolute atomic E-state index is 0.0852. The van der Waals surface area contributed by atoms with E-state index in [-0.39, 0.29) is 4.47 Å². The van der Waals surface area contributed by atoms with Gasteiger partial charge in [0.2, 0.25) is 0 Å². The van der Waals surface area contributed by atoms with E-state index in [4.69, 9.17) is 0 Å². The summed E-state index contributed by atoms with van der Waals surface area (Å²) in [6.07, 6.45) is 0.0711. The summed E-state index contributed by atoms with van der Waals surface area (Å²) in [6.45, 7) is 0. The van der Waals surface area contributed by atoms with Crippen LogP contribution in [0.4, 0.5) is 18.9 Å². The van der Waals surface area contributed by atoms with Crippen molar-refractivity contribution in [1.29, 1.82) is 0 Å². The van der Waals surface area contributed by atoms with E-state index in [1.807, 2.05) is 0 Å². The number of nitrogens with one attached hydrogen (secondary N) is 1. The lowest BCUT2D eigenvalue weighted by Gasteiger charge is -2.16. The van der Waals surface area contributed by atoms with Gasteiger partial charge in [-0.1, -0.05) is 28.8 Å². The first-order valence-electron chi connectivity index (χ1n) is 5.60. The average molecular weight is 308 g/mol. The van der Waals surface area contributed by atoms with E-state index in [0.29, 0.717) is 11.7 Å². The molecule has 1 nitrogen and oxygen atoms in total. The van der Waals surface area contributed by atoms with Crippen LogP contribution in [-0.2, 0) is 6.18 Å². The Morgan fingerprint density at radius 3 is 2.41 bits per heavy atom. The van der Waals surface area contributed by atoms with Crippen LogP contribution in [-0.4, -0.2) is 6.04 Å². The average Bonchev–Trinajstić information content (AvgIpc) is 2.72. The molecule has 1 aliphatic rings. The fourth-order valence-corrected chi connectivity index (χ4v) is 2.61. The van der Waals surface area contributed by atoms with Crippen molar-refractivity contribution in [2.24, 2.45) is 0 Å². The molecule has 2 rings (SSSR count). The van der Waals surface area contributed by atoms with Crippen LogP contribution in [0, 0.1) is 0 Å². The smallest absolute Gasteiger partial charge is 0.382 e. The van der Waals surface area contributed by atoms with Gasteiger partial charge in [0, 0.05) is 16.2 Å². The van der Waals surface area contributed by atoms with E-state index in [9.17, 15) is 13.2 Å². The maximum absolute atomic E-state index is 12.7. The molecule has 0 bridgehead atoms. The van der Waals surface area contributed by atoms with E-state index < -0.39 is 11.7 Å². The molecule has 17 heavy (non-hydrogen) atoms. The highest BCUT2D eigenvalue weighted by molar-refractivity contribution is 9.10. The van der Waals surface area contributed by atoms with Crippen molar-refractivity contribution in [2.75, 3.05) is 5.32 Å². The summed E-state index contributed by atoms with van der Waals surface area (Å²) in [5.74, 6) is 0. The van der Waals surface area contributed by atoms with Crippen molar-refractivity contribution in [3.8, 4) is 0 Å². The van der Waals surface area contributed by atoms with E-state index in [1.54, 1.807) is 6.07 Å². The Morgan fingerprint density at radius 2 is 1.82 bits per heavy atom. The highest BCUT2D eigenvalue weighted by Crippen LogP contribution is 2.36. The number of halogens is 4. The SMILES string of the molecule is FC(F)(F)c1cc(NC2CCCC2)ccc1Br. The molecule has 1 saturated carbocycles. The van der Waals surface area contributed by atoms with Crippen LogP contribution in [0.3, 0.4) is 0 Å². The first-order valence-corrected chi connectivity index (χ1v) is 6.39. The lowest BCUT2D eigenvalue weighted by atomic mass is 10.1. The van der Waals surface area contributed by atoms with Crippen molar-refractivity contribution in [1.82, 2.24) is 0 Å². The van der Waals surface area contributed by atoms with Crippen LogP contribution in [0.1, 0.15) is 31.2 Å². The molecule has 1 fully saturated rings. The monoisotopic (exact) mass is 307 g/mol. The molecule has 0 spiro atoms. The zero-order chi connectivity index (χ0) is 12.5. The summed E-state index contributed by atoms with van der Waals surface area (Å²) in [5.41, 5.74) is -0.0760. The molecule has 94 valence electrons. The highest BCUT2D eigenvalue weighted by atomic mass is 79.9. The van der Waals surface area contributed by atoms with Crippen molar-refractivity contribution in [2.45, 2.75) is 37.9 Å². The molecule has 0 aromatic heterocycles. The number of benzene rings is 1. The third kappa shape index (κ3) is 3.15. The normalized spacial score (nSPS) is 17.4. The number of alkyl halides is 3. The van der Waals surface area contributed by atoms with E-state index in [2.05, 4.69) is 21.2 Å². The molecule has 5 heteroatoms. The van der Waals surface area contributed by atoms with Gasteiger partial charge < -0.3 is 5.32 Å². The number of rotatable bonds is 2. The Balaban J connectivity index is 2.18. The molecular weight excluding hydrogens is 295 g/mol. The molecule has 0 aliphatic heterocycles. The predicted molar refractivity (Wildman–Crippen MR) is 65.0 cm³/mol. The zero-order valence-corrected chi connectivity index (χ0v) is 10.7. The minimum Gasteiger partial charge on any atom is -0.382 e. The largest absolute Gasteiger partial charge is 0.417 e. The fraction of sp³-hybridized carbons (Fsp3) is 0.500. The molecule has 0 atom stereocenters.